The molecule has 0 saturated carbocycles. The Morgan fingerprint density at radius 3 is 2.00 bits per heavy atom. The molecule has 2 heteroatoms. The summed E-state index contributed by atoms with van der Waals surface area (Å²) in [5.74, 6) is 1.36. The number of hydrogen-bond donors (Lipinski definition) is 2. The van der Waals surface area contributed by atoms with E-state index in [9.17, 15) is 0 Å². The van der Waals surface area contributed by atoms with Crippen LogP contribution in [0.1, 0.15) is 20.8 Å². The zero-order valence-corrected chi connectivity index (χ0v) is 6.70. The maximum Gasteiger partial charge on any atom is 0.0131 e. The van der Waals surface area contributed by atoms with Crippen molar-refractivity contribution in [3.8, 4) is 0 Å². The van der Waals surface area contributed by atoms with Crippen molar-refractivity contribution in [1.29, 1.82) is 0 Å². The highest BCUT2D eigenvalue weighted by molar-refractivity contribution is 7.80. The van der Waals surface area contributed by atoms with Crippen molar-refractivity contribution in [2.24, 2.45) is 11.7 Å². The molecule has 0 spiro atoms. The molecule has 0 aliphatic carbocycles. The summed E-state index contributed by atoms with van der Waals surface area (Å²) < 4.78 is 0. The van der Waals surface area contributed by atoms with E-state index in [1.54, 1.807) is 0 Å². The first-order valence-electron chi connectivity index (χ1n) is 2.88. The lowest BCUT2D eigenvalue weighted by Gasteiger charge is -2.25. The van der Waals surface area contributed by atoms with E-state index >= 15 is 0 Å². The van der Waals surface area contributed by atoms with Crippen LogP contribution in [-0.4, -0.2) is 11.3 Å². The second kappa shape index (κ2) is 2.74. The summed E-state index contributed by atoms with van der Waals surface area (Å²) >= 11 is 4.13. The average molecular weight is 133 g/mol. The highest BCUT2D eigenvalue weighted by Gasteiger charge is 2.17. The Hall–Kier alpha value is 0.310. The maximum absolute atomic E-state index is 5.74. The summed E-state index contributed by atoms with van der Waals surface area (Å²) in [4.78, 5) is 0. The van der Waals surface area contributed by atoms with Crippen molar-refractivity contribution in [2.45, 2.75) is 26.3 Å². The molecule has 0 radical (unpaired) electrons. The molecule has 0 aliphatic heterocycles. The molecule has 0 aromatic heterocycles. The van der Waals surface area contributed by atoms with Crippen LogP contribution < -0.4 is 5.73 Å². The van der Waals surface area contributed by atoms with Crippen LogP contribution in [0, 0.1) is 5.92 Å². The minimum Gasteiger partial charge on any atom is -0.325 e. The first-order chi connectivity index (χ1) is 3.48. The van der Waals surface area contributed by atoms with Crippen LogP contribution >= 0.6 is 12.6 Å². The van der Waals surface area contributed by atoms with E-state index in [4.69, 9.17) is 5.73 Å². The van der Waals surface area contributed by atoms with Gasteiger partial charge in [-0.25, -0.2) is 0 Å². The number of rotatable bonds is 2. The lowest BCUT2D eigenvalue weighted by atomic mass is 9.92. The van der Waals surface area contributed by atoms with Gasteiger partial charge < -0.3 is 5.73 Å². The Kier molecular flexibility index (Phi) is 2.84. The van der Waals surface area contributed by atoms with Gasteiger partial charge in [0.2, 0.25) is 0 Å². The Labute approximate surface area is 57.1 Å². The fourth-order valence-electron chi connectivity index (χ4n) is 0.235. The van der Waals surface area contributed by atoms with Gasteiger partial charge in [-0.15, -0.1) is 0 Å². The predicted octanol–water partition coefficient (Wildman–Crippen LogP) is 1.29. The van der Waals surface area contributed by atoms with Crippen molar-refractivity contribution in [3.05, 3.63) is 0 Å². The molecule has 0 aromatic rings. The van der Waals surface area contributed by atoms with E-state index < -0.39 is 0 Å². The van der Waals surface area contributed by atoms with Gasteiger partial charge in [0.1, 0.15) is 0 Å². The van der Waals surface area contributed by atoms with E-state index in [-0.39, 0.29) is 5.54 Å². The standard InChI is InChI=1S/C6H15NS/c1-5(4-8)6(2,3)7/h5,8H,4,7H2,1-3H3. The van der Waals surface area contributed by atoms with Gasteiger partial charge in [0, 0.05) is 5.54 Å². The molecule has 0 rings (SSSR count). The van der Waals surface area contributed by atoms with Crippen molar-refractivity contribution in [3.63, 3.8) is 0 Å². The van der Waals surface area contributed by atoms with E-state index in [0.717, 1.165) is 5.75 Å². The number of thiol groups is 1. The van der Waals surface area contributed by atoms with Gasteiger partial charge in [0.25, 0.3) is 0 Å². The van der Waals surface area contributed by atoms with Crippen molar-refractivity contribution in [2.75, 3.05) is 5.75 Å². The van der Waals surface area contributed by atoms with Crippen molar-refractivity contribution >= 4 is 12.6 Å². The van der Waals surface area contributed by atoms with Gasteiger partial charge >= 0.3 is 0 Å². The Morgan fingerprint density at radius 2 is 2.00 bits per heavy atom. The molecule has 0 saturated heterocycles. The molecule has 0 aliphatic rings. The quantitative estimate of drug-likeness (QED) is 0.545. The summed E-state index contributed by atoms with van der Waals surface area (Å²) in [6, 6.07) is 0. The molecule has 1 nitrogen and oxygen atoms in total. The molecule has 1 unspecified atom stereocenters. The topological polar surface area (TPSA) is 26.0 Å². The highest BCUT2D eigenvalue weighted by atomic mass is 32.1. The minimum absolute atomic E-state index is 0.0677. The first kappa shape index (κ1) is 8.31. The Bertz CT molecular complexity index is 65.4. The third-order valence-corrected chi connectivity index (χ3v) is 2.09. The van der Waals surface area contributed by atoms with E-state index in [2.05, 4.69) is 19.6 Å². The van der Waals surface area contributed by atoms with Crippen LogP contribution in [0.15, 0.2) is 0 Å². The van der Waals surface area contributed by atoms with Crippen LogP contribution in [0.25, 0.3) is 0 Å². The average Bonchev–Trinajstić information content (AvgIpc) is 1.62. The van der Waals surface area contributed by atoms with Crippen molar-refractivity contribution in [1.82, 2.24) is 0 Å². The Balaban J connectivity index is 3.62. The second-order valence-corrected chi connectivity index (χ2v) is 3.27. The third kappa shape index (κ3) is 2.58. The number of hydrogen-bond acceptors (Lipinski definition) is 2. The molecular weight excluding hydrogens is 118 g/mol. The van der Waals surface area contributed by atoms with Crippen LogP contribution in [0.4, 0.5) is 0 Å². The highest BCUT2D eigenvalue weighted by Crippen LogP contribution is 2.12. The maximum atomic E-state index is 5.74. The van der Waals surface area contributed by atoms with E-state index in [0.29, 0.717) is 5.92 Å². The first-order valence-corrected chi connectivity index (χ1v) is 3.51. The zero-order valence-electron chi connectivity index (χ0n) is 5.81. The molecule has 0 amide bonds. The summed E-state index contributed by atoms with van der Waals surface area (Å²) in [6.07, 6.45) is 0. The van der Waals surface area contributed by atoms with Gasteiger partial charge in [0.15, 0.2) is 0 Å². The van der Waals surface area contributed by atoms with E-state index in [1.165, 1.54) is 0 Å². The number of nitrogens with two attached hydrogens (primary N) is 1. The minimum atomic E-state index is -0.0677. The lowest BCUT2D eigenvalue weighted by molar-refractivity contribution is 0.380. The van der Waals surface area contributed by atoms with E-state index in [1.807, 2.05) is 13.8 Å². The summed E-state index contributed by atoms with van der Waals surface area (Å²) in [5, 5.41) is 0. The van der Waals surface area contributed by atoms with Crippen LogP contribution in [0.2, 0.25) is 0 Å². The predicted molar refractivity (Wildman–Crippen MR) is 41.3 cm³/mol. The molecule has 50 valence electrons. The lowest BCUT2D eigenvalue weighted by Crippen LogP contribution is -2.40. The van der Waals surface area contributed by atoms with Gasteiger partial charge in [-0.1, -0.05) is 6.92 Å². The smallest absolute Gasteiger partial charge is 0.0131 e. The fourth-order valence-corrected chi connectivity index (χ4v) is 0.706. The zero-order chi connectivity index (χ0) is 6.78. The van der Waals surface area contributed by atoms with Crippen LogP contribution in [0.5, 0.6) is 0 Å². The molecule has 2 N–H and O–H groups in total. The largest absolute Gasteiger partial charge is 0.325 e. The van der Waals surface area contributed by atoms with Gasteiger partial charge in [0.05, 0.1) is 0 Å². The molecule has 0 heterocycles. The fraction of sp³-hybridized carbons (Fsp3) is 1.00. The summed E-state index contributed by atoms with van der Waals surface area (Å²) in [6.45, 7) is 6.15. The Morgan fingerprint density at radius 1 is 1.62 bits per heavy atom. The molecular formula is C6H15NS. The van der Waals surface area contributed by atoms with Gasteiger partial charge in [-0.2, -0.15) is 12.6 Å². The van der Waals surface area contributed by atoms with Gasteiger partial charge in [-0.3, -0.25) is 0 Å². The van der Waals surface area contributed by atoms with Crippen LogP contribution in [-0.2, 0) is 0 Å². The summed E-state index contributed by atoms with van der Waals surface area (Å²) in [7, 11) is 0. The second-order valence-electron chi connectivity index (χ2n) is 2.90. The summed E-state index contributed by atoms with van der Waals surface area (Å²) in [5.41, 5.74) is 5.67. The van der Waals surface area contributed by atoms with Crippen molar-refractivity contribution < 1.29 is 0 Å². The molecule has 0 bridgehead atoms. The van der Waals surface area contributed by atoms with Gasteiger partial charge in [-0.05, 0) is 25.5 Å². The molecule has 8 heavy (non-hydrogen) atoms. The third-order valence-electron chi connectivity index (χ3n) is 1.54. The normalized spacial score (nSPS) is 16.1. The van der Waals surface area contributed by atoms with Crippen LogP contribution in [0.3, 0.4) is 0 Å². The monoisotopic (exact) mass is 133 g/mol. The molecule has 1 atom stereocenters. The SMILES string of the molecule is CC(CS)C(C)(C)N. The molecule has 0 fully saturated rings. The molecule has 0 aromatic carbocycles.